The largest absolute Gasteiger partial charge is 0.481 e. The van der Waals surface area contributed by atoms with Gasteiger partial charge in [-0.3, -0.25) is 4.79 Å². The van der Waals surface area contributed by atoms with E-state index in [1.807, 2.05) is 6.92 Å². The van der Waals surface area contributed by atoms with E-state index in [2.05, 4.69) is 22.9 Å². The van der Waals surface area contributed by atoms with E-state index < -0.39 is 11.6 Å². The van der Waals surface area contributed by atoms with Crippen LogP contribution in [0.3, 0.4) is 0 Å². The Balaban J connectivity index is 1.67. The van der Waals surface area contributed by atoms with Gasteiger partial charge < -0.3 is 41.8 Å². The van der Waals surface area contributed by atoms with Gasteiger partial charge in [0.15, 0.2) is 0 Å². The fraction of sp³-hybridized carbons (Fsp3) is 0.926. The standard InChI is InChI=1S/C27H52N4O5/c1-20-23(33)10-9-22(31-20)16-21(11-15-32)8-6-4-3-5-7-12-27(36,18-25(34)35)19-30-26(2)13-14-29-24(28)17-26/h15,20-24,29-31,33,36H,3-14,16-19,28H2,1-2H3,(H,34,35). The summed E-state index contributed by atoms with van der Waals surface area (Å²) in [6, 6.07) is 0.479. The summed E-state index contributed by atoms with van der Waals surface area (Å²) in [5.41, 5.74) is 4.55. The Labute approximate surface area is 217 Å². The lowest BCUT2D eigenvalue weighted by molar-refractivity contribution is -0.143. The molecular formula is C27H52N4O5. The van der Waals surface area contributed by atoms with Gasteiger partial charge in [-0.25, -0.2) is 0 Å². The first-order chi connectivity index (χ1) is 17.0. The number of aliphatic carboxylic acids is 1. The van der Waals surface area contributed by atoms with E-state index in [0.717, 1.165) is 83.5 Å². The number of rotatable bonds is 17. The lowest BCUT2D eigenvalue weighted by Crippen LogP contribution is -2.59. The van der Waals surface area contributed by atoms with Crippen molar-refractivity contribution in [2.24, 2.45) is 11.7 Å². The smallest absolute Gasteiger partial charge is 0.306 e. The predicted octanol–water partition coefficient (Wildman–Crippen LogP) is 2.04. The minimum atomic E-state index is -1.27. The Hall–Kier alpha value is -1.10. The molecule has 2 saturated heterocycles. The van der Waals surface area contributed by atoms with E-state index in [9.17, 15) is 24.9 Å². The van der Waals surface area contributed by atoms with Crippen LogP contribution in [0.5, 0.6) is 0 Å². The third kappa shape index (κ3) is 11.5. The highest BCUT2D eigenvalue weighted by Gasteiger charge is 2.35. The van der Waals surface area contributed by atoms with Crippen molar-refractivity contribution in [1.29, 1.82) is 0 Å². The van der Waals surface area contributed by atoms with Crippen LogP contribution < -0.4 is 21.7 Å². The van der Waals surface area contributed by atoms with E-state index in [0.29, 0.717) is 24.8 Å². The first-order valence-electron chi connectivity index (χ1n) is 14.1. The van der Waals surface area contributed by atoms with Crippen molar-refractivity contribution in [2.75, 3.05) is 13.1 Å². The van der Waals surface area contributed by atoms with Crippen LogP contribution in [0.1, 0.15) is 104 Å². The number of carboxylic acids is 1. The number of nitrogens with two attached hydrogens (primary N) is 1. The number of carbonyl (C=O) groups is 2. The number of hydrogen-bond donors (Lipinski definition) is 7. The van der Waals surface area contributed by atoms with Crippen LogP contribution in [0, 0.1) is 5.92 Å². The van der Waals surface area contributed by atoms with Gasteiger partial charge in [-0.2, -0.15) is 0 Å². The zero-order valence-electron chi connectivity index (χ0n) is 22.5. The summed E-state index contributed by atoms with van der Waals surface area (Å²) >= 11 is 0. The van der Waals surface area contributed by atoms with E-state index in [1.165, 1.54) is 0 Å². The summed E-state index contributed by atoms with van der Waals surface area (Å²) in [6.45, 7) is 5.15. The van der Waals surface area contributed by atoms with Gasteiger partial charge >= 0.3 is 5.97 Å². The Bertz CT molecular complexity index is 668. The highest BCUT2D eigenvalue weighted by Crippen LogP contribution is 2.26. The molecule has 36 heavy (non-hydrogen) atoms. The maximum absolute atomic E-state index is 11.4. The molecule has 2 aliphatic heterocycles. The summed E-state index contributed by atoms with van der Waals surface area (Å²) in [7, 11) is 0. The van der Waals surface area contributed by atoms with Crippen LogP contribution in [0.25, 0.3) is 0 Å². The molecule has 9 nitrogen and oxygen atoms in total. The number of carboxylic acid groups (broad SMARTS) is 1. The molecule has 2 aliphatic rings. The molecule has 7 atom stereocenters. The SMILES string of the molecule is CC1NC(CC(CC=O)CCCCCCCC(O)(CNC2(C)CCNC(N)C2)CC(=O)O)CCC1O. The Morgan fingerprint density at radius 3 is 2.64 bits per heavy atom. The van der Waals surface area contributed by atoms with Crippen molar-refractivity contribution in [3.8, 4) is 0 Å². The molecule has 8 N–H and O–H groups in total. The number of aldehydes is 1. The van der Waals surface area contributed by atoms with Crippen LogP contribution in [-0.2, 0) is 9.59 Å². The van der Waals surface area contributed by atoms with Gasteiger partial charge in [0.2, 0.25) is 0 Å². The van der Waals surface area contributed by atoms with Gasteiger partial charge in [-0.05, 0) is 71.3 Å². The molecule has 0 aliphatic carbocycles. The van der Waals surface area contributed by atoms with Gasteiger partial charge in [-0.1, -0.05) is 32.1 Å². The maximum atomic E-state index is 11.4. The second-order valence-corrected chi connectivity index (χ2v) is 11.8. The number of nitrogens with one attached hydrogen (secondary N) is 3. The van der Waals surface area contributed by atoms with Crippen molar-refractivity contribution < 1.29 is 24.9 Å². The molecule has 9 heteroatoms. The lowest BCUT2D eigenvalue weighted by atomic mass is 9.85. The molecule has 0 spiro atoms. The van der Waals surface area contributed by atoms with Gasteiger partial charge in [0, 0.05) is 30.6 Å². The van der Waals surface area contributed by atoms with Crippen LogP contribution >= 0.6 is 0 Å². The van der Waals surface area contributed by atoms with Crippen molar-refractivity contribution in [3.05, 3.63) is 0 Å². The highest BCUT2D eigenvalue weighted by molar-refractivity contribution is 5.68. The zero-order chi connectivity index (χ0) is 26.6. The minimum absolute atomic E-state index is 0.0923. The van der Waals surface area contributed by atoms with Crippen molar-refractivity contribution in [1.82, 2.24) is 16.0 Å². The van der Waals surface area contributed by atoms with Crippen molar-refractivity contribution in [3.63, 3.8) is 0 Å². The minimum Gasteiger partial charge on any atom is -0.481 e. The summed E-state index contributed by atoms with van der Waals surface area (Å²) < 4.78 is 0. The third-order valence-corrected chi connectivity index (χ3v) is 8.27. The van der Waals surface area contributed by atoms with Gasteiger partial charge in [0.25, 0.3) is 0 Å². The summed E-state index contributed by atoms with van der Waals surface area (Å²) in [5, 5.41) is 40.4. The normalized spacial score (nSPS) is 31.5. The monoisotopic (exact) mass is 512 g/mol. The number of aliphatic hydroxyl groups is 2. The molecular weight excluding hydrogens is 460 g/mol. The third-order valence-electron chi connectivity index (χ3n) is 8.27. The number of aliphatic hydroxyl groups excluding tert-OH is 1. The van der Waals surface area contributed by atoms with Crippen LogP contribution in [0.2, 0.25) is 0 Å². The molecule has 0 aromatic carbocycles. The quantitative estimate of drug-likeness (QED) is 0.114. The number of hydrogen-bond acceptors (Lipinski definition) is 8. The molecule has 0 amide bonds. The zero-order valence-corrected chi connectivity index (χ0v) is 22.5. The fourth-order valence-corrected chi connectivity index (χ4v) is 5.91. The molecule has 2 heterocycles. The summed E-state index contributed by atoms with van der Waals surface area (Å²) in [5.74, 6) is -0.609. The second-order valence-electron chi connectivity index (χ2n) is 11.8. The molecule has 210 valence electrons. The summed E-state index contributed by atoms with van der Waals surface area (Å²) in [4.78, 5) is 22.6. The average Bonchev–Trinajstić information content (AvgIpc) is 2.79. The van der Waals surface area contributed by atoms with E-state index in [1.54, 1.807) is 0 Å². The number of β-amino-alcohol motifs (C(OH)–C–C–N with tert-alkyl or cyclic N) is 1. The maximum Gasteiger partial charge on any atom is 0.306 e. The second kappa shape index (κ2) is 15.3. The highest BCUT2D eigenvalue weighted by atomic mass is 16.4. The first kappa shape index (κ1) is 31.1. The van der Waals surface area contributed by atoms with Crippen LogP contribution in [0.15, 0.2) is 0 Å². The number of unbranched alkanes of at least 4 members (excludes halogenated alkanes) is 4. The molecule has 0 aromatic rings. The Morgan fingerprint density at radius 2 is 1.97 bits per heavy atom. The van der Waals surface area contributed by atoms with Gasteiger partial charge in [0.05, 0.1) is 24.3 Å². The van der Waals surface area contributed by atoms with Crippen LogP contribution in [0.4, 0.5) is 0 Å². The molecule has 0 saturated carbocycles. The van der Waals surface area contributed by atoms with Crippen molar-refractivity contribution in [2.45, 2.75) is 139 Å². The van der Waals surface area contributed by atoms with Gasteiger partial charge in [-0.15, -0.1) is 0 Å². The molecule has 0 radical (unpaired) electrons. The molecule has 0 bridgehead atoms. The Morgan fingerprint density at radius 1 is 1.25 bits per heavy atom. The van der Waals surface area contributed by atoms with Gasteiger partial charge in [0.1, 0.15) is 6.29 Å². The number of carbonyl (C=O) groups excluding carboxylic acids is 1. The average molecular weight is 513 g/mol. The van der Waals surface area contributed by atoms with Crippen LogP contribution in [-0.4, -0.2) is 76.2 Å². The fourth-order valence-electron chi connectivity index (χ4n) is 5.91. The summed E-state index contributed by atoms with van der Waals surface area (Å²) in [6.07, 6.45) is 11.7. The van der Waals surface area contributed by atoms with E-state index >= 15 is 0 Å². The molecule has 7 unspecified atom stereocenters. The molecule has 0 aromatic heterocycles. The number of piperidine rings is 2. The molecule has 2 fully saturated rings. The lowest BCUT2D eigenvalue weighted by Gasteiger charge is -2.41. The molecule has 2 rings (SSSR count). The Kier molecular flexibility index (Phi) is 13.3. The van der Waals surface area contributed by atoms with E-state index in [-0.39, 0.29) is 36.8 Å². The topological polar surface area (TPSA) is 157 Å². The van der Waals surface area contributed by atoms with E-state index in [4.69, 9.17) is 5.73 Å². The predicted molar refractivity (Wildman–Crippen MR) is 142 cm³/mol. The first-order valence-corrected chi connectivity index (χ1v) is 14.1. The van der Waals surface area contributed by atoms with Crippen molar-refractivity contribution >= 4 is 12.3 Å².